The van der Waals surface area contributed by atoms with Crippen LogP contribution >= 0.6 is 11.8 Å². The predicted octanol–water partition coefficient (Wildman–Crippen LogP) is 2.51. The van der Waals surface area contributed by atoms with E-state index in [4.69, 9.17) is 10.9 Å². The third-order valence-electron chi connectivity index (χ3n) is 3.26. The van der Waals surface area contributed by atoms with Crippen LogP contribution in [0.4, 0.5) is 5.69 Å². The number of nitro groups is 1. The maximum atomic E-state index is 10.8. The van der Waals surface area contributed by atoms with Crippen molar-refractivity contribution in [2.45, 2.75) is 42.4 Å². The van der Waals surface area contributed by atoms with Gasteiger partial charge in [0.15, 0.2) is 5.84 Å². The Balaban J connectivity index is 2.28. The maximum Gasteiger partial charge on any atom is 0.288 e. The fraction of sp³-hybridized carbons (Fsp3) is 0.500. The summed E-state index contributed by atoms with van der Waals surface area (Å²) in [5.74, 6) is -0.153. The quantitative estimate of drug-likeness (QED) is 0.290. The van der Waals surface area contributed by atoms with Crippen LogP contribution in [-0.4, -0.2) is 26.2 Å². The van der Waals surface area contributed by atoms with Crippen molar-refractivity contribution in [1.29, 1.82) is 0 Å². The van der Waals surface area contributed by atoms with Crippen molar-refractivity contribution in [2.75, 3.05) is 0 Å². The standard InChI is InChI=1S/C12H16N4O3S/c13-11(15-17)10-6-8(16(18)19)7-14-12(10)20-9-4-2-1-3-5-9/h6-7,9,17H,1-5H2,(H2,13,15). The van der Waals surface area contributed by atoms with E-state index in [2.05, 4.69) is 10.1 Å². The number of amidine groups is 1. The van der Waals surface area contributed by atoms with Gasteiger partial charge in [-0.25, -0.2) is 4.98 Å². The van der Waals surface area contributed by atoms with E-state index in [9.17, 15) is 10.1 Å². The number of aromatic nitrogens is 1. The zero-order chi connectivity index (χ0) is 14.5. The maximum absolute atomic E-state index is 10.8. The van der Waals surface area contributed by atoms with Gasteiger partial charge in [0.1, 0.15) is 11.2 Å². The van der Waals surface area contributed by atoms with Crippen LogP contribution in [0.5, 0.6) is 0 Å². The van der Waals surface area contributed by atoms with Crippen molar-refractivity contribution in [3.63, 3.8) is 0 Å². The second kappa shape index (κ2) is 6.56. The van der Waals surface area contributed by atoms with E-state index >= 15 is 0 Å². The molecule has 1 fully saturated rings. The Labute approximate surface area is 120 Å². The number of nitrogens with zero attached hydrogens (tertiary/aromatic N) is 3. The highest BCUT2D eigenvalue weighted by molar-refractivity contribution is 7.99. The fourth-order valence-corrected chi connectivity index (χ4v) is 3.50. The van der Waals surface area contributed by atoms with Gasteiger partial charge in [-0.1, -0.05) is 24.4 Å². The van der Waals surface area contributed by atoms with E-state index in [0.29, 0.717) is 15.8 Å². The van der Waals surface area contributed by atoms with Gasteiger partial charge in [0.25, 0.3) is 5.69 Å². The minimum absolute atomic E-state index is 0.153. The molecule has 1 aliphatic rings. The van der Waals surface area contributed by atoms with Crippen molar-refractivity contribution in [3.05, 3.63) is 27.9 Å². The van der Waals surface area contributed by atoms with Crippen molar-refractivity contribution in [1.82, 2.24) is 4.98 Å². The number of rotatable bonds is 4. The van der Waals surface area contributed by atoms with E-state index in [0.717, 1.165) is 12.8 Å². The van der Waals surface area contributed by atoms with E-state index in [-0.39, 0.29) is 11.5 Å². The number of pyridine rings is 1. The Kier molecular flexibility index (Phi) is 4.78. The molecule has 1 aliphatic carbocycles. The average molecular weight is 296 g/mol. The van der Waals surface area contributed by atoms with Crippen LogP contribution in [0.3, 0.4) is 0 Å². The summed E-state index contributed by atoms with van der Waals surface area (Å²) in [6.07, 6.45) is 7.02. The third kappa shape index (κ3) is 3.38. The van der Waals surface area contributed by atoms with Crippen molar-refractivity contribution < 1.29 is 10.1 Å². The average Bonchev–Trinajstić information content (AvgIpc) is 2.47. The van der Waals surface area contributed by atoms with E-state index in [1.165, 1.54) is 31.5 Å². The van der Waals surface area contributed by atoms with Gasteiger partial charge in [0, 0.05) is 11.3 Å². The highest BCUT2D eigenvalue weighted by Gasteiger charge is 2.21. The van der Waals surface area contributed by atoms with Gasteiger partial charge >= 0.3 is 0 Å². The predicted molar refractivity (Wildman–Crippen MR) is 76.1 cm³/mol. The van der Waals surface area contributed by atoms with Gasteiger partial charge in [-0.05, 0) is 12.8 Å². The number of thioether (sulfide) groups is 1. The van der Waals surface area contributed by atoms with Crippen LogP contribution in [0.25, 0.3) is 0 Å². The molecule has 0 spiro atoms. The largest absolute Gasteiger partial charge is 0.409 e. The van der Waals surface area contributed by atoms with Gasteiger partial charge < -0.3 is 10.9 Å². The lowest BCUT2D eigenvalue weighted by molar-refractivity contribution is -0.385. The second-order valence-corrected chi connectivity index (χ2v) is 5.96. The molecular formula is C12H16N4O3S. The molecule has 3 N–H and O–H groups in total. The minimum Gasteiger partial charge on any atom is -0.409 e. The summed E-state index contributed by atoms with van der Waals surface area (Å²) in [7, 11) is 0. The highest BCUT2D eigenvalue weighted by atomic mass is 32.2. The summed E-state index contributed by atoms with van der Waals surface area (Å²) in [4.78, 5) is 14.3. The first-order chi connectivity index (χ1) is 9.61. The smallest absolute Gasteiger partial charge is 0.288 e. The summed E-state index contributed by atoms with van der Waals surface area (Å²) >= 11 is 1.55. The molecule has 2 rings (SSSR count). The number of hydrogen-bond donors (Lipinski definition) is 2. The Morgan fingerprint density at radius 2 is 2.20 bits per heavy atom. The van der Waals surface area contributed by atoms with E-state index < -0.39 is 4.92 Å². The molecule has 0 saturated heterocycles. The van der Waals surface area contributed by atoms with E-state index in [1.807, 2.05) is 0 Å². The SMILES string of the molecule is NC(=NO)c1cc([N+](=O)[O-])cnc1SC1CCCCC1. The molecule has 0 atom stereocenters. The molecule has 1 aromatic heterocycles. The Bertz CT molecular complexity index is 529. The normalized spacial score (nSPS) is 17.1. The first-order valence-corrected chi connectivity index (χ1v) is 7.28. The van der Waals surface area contributed by atoms with Crippen LogP contribution in [0, 0.1) is 10.1 Å². The van der Waals surface area contributed by atoms with Crippen LogP contribution < -0.4 is 5.73 Å². The molecule has 1 saturated carbocycles. The first-order valence-electron chi connectivity index (χ1n) is 6.41. The summed E-state index contributed by atoms with van der Waals surface area (Å²) in [5.41, 5.74) is 5.74. The lowest BCUT2D eigenvalue weighted by atomic mass is 10.0. The summed E-state index contributed by atoms with van der Waals surface area (Å²) in [5, 5.41) is 23.5. The van der Waals surface area contributed by atoms with Gasteiger partial charge in [-0.3, -0.25) is 10.1 Å². The fourth-order valence-electron chi connectivity index (χ4n) is 2.21. The number of nitrogens with two attached hydrogens (primary N) is 1. The van der Waals surface area contributed by atoms with E-state index in [1.54, 1.807) is 11.8 Å². The summed E-state index contributed by atoms with van der Waals surface area (Å²) in [6.45, 7) is 0. The molecule has 0 aromatic carbocycles. The van der Waals surface area contributed by atoms with Gasteiger partial charge in [-0.15, -0.1) is 11.8 Å². The molecule has 0 radical (unpaired) electrons. The Morgan fingerprint density at radius 3 is 2.80 bits per heavy atom. The summed E-state index contributed by atoms with van der Waals surface area (Å²) < 4.78 is 0. The van der Waals surface area contributed by atoms with Crippen LogP contribution in [0.1, 0.15) is 37.7 Å². The molecule has 1 aromatic rings. The van der Waals surface area contributed by atoms with Crippen molar-refractivity contribution in [2.24, 2.45) is 10.9 Å². The molecule has 20 heavy (non-hydrogen) atoms. The van der Waals surface area contributed by atoms with Crippen LogP contribution in [-0.2, 0) is 0 Å². The zero-order valence-corrected chi connectivity index (χ0v) is 11.7. The van der Waals surface area contributed by atoms with Gasteiger partial charge in [0.2, 0.25) is 0 Å². The Hall–Kier alpha value is -1.83. The molecule has 0 bridgehead atoms. The summed E-state index contributed by atoms with van der Waals surface area (Å²) in [6, 6.07) is 1.30. The monoisotopic (exact) mass is 296 g/mol. The third-order valence-corrected chi connectivity index (χ3v) is 4.62. The minimum atomic E-state index is -0.545. The molecule has 1 heterocycles. The molecule has 0 amide bonds. The van der Waals surface area contributed by atoms with Gasteiger partial charge in [0.05, 0.1) is 10.5 Å². The topological polar surface area (TPSA) is 115 Å². The van der Waals surface area contributed by atoms with Crippen molar-refractivity contribution >= 4 is 23.3 Å². The number of hydrogen-bond acceptors (Lipinski definition) is 6. The highest BCUT2D eigenvalue weighted by Crippen LogP contribution is 2.34. The zero-order valence-electron chi connectivity index (χ0n) is 10.9. The van der Waals surface area contributed by atoms with Crippen LogP contribution in [0.15, 0.2) is 22.4 Å². The Morgan fingerprint density at radius 1 is 1.50 bits per heavy atom. The lowest BCUT2D eigenvalue weighted by Gasteiger charge is -2.21. The van der Waals surface area contributed by atoms with Crippen molar-refractivity contribution in [3.8, 4) is 0 Å². The van der Waals surface area contributed by atoms with Gasteiger partial charge in [-0.2, -0.15) is 0 Å². The first kappa shape index (κ1) is 14.6. The number of oxime groups is 1. The molecule has 0 aliphatic heterocycles. The molecule has 8 heteroatoms. The molecule has 108 valence electrons. The second-order valence-electron chi connectivity index (χ2n) is 4.67. The van der Waals surface area contributed by atoms with Crippen LogP contribution in [0.2, 0.25) is 0 Å². The molecular weight excluding hydrogens is 280 g/mol. The molecule has 7 nitrogen and oxygen atoms in total. The molecule has 0 unspecified atom stereocenters. The lowest BCUT2D eigenvalue weighted by Crippen LogP contribution is -2.17.